The molecule has 0 aliphatic carbocycles. The van der Waals surface area contributed by atoms with Crippen LogP contribution in [0.15, 0.2) is 24.3 Å². The Kier molecular flexibility index (Phi) is 4.80. The molecule has 0 bridgehead atoms. The molecule has 2 rings (SSSR count). The average Bonchev–Trinajstić information content (AvgIpc) is 2.48. The summed E-state index contributed by atoms with van der Waals surface area (Å²) in [6, 6.07) is 7.47. The van der Waals surface area contributed by atoms with Gasteiger partial charge >= 0.3 is 0 Å². The van der Waals surface area contributed by atoms with Gasteiger partial charge in [-0.1, -0.05) is 6.07 Å². The molecule has 0 spiro atoms. The lowest BCUT2D eigenvalue weighted by Crippen LogP contribution is -2.42. The van der Waals surface area contributed by atoms with Gasteiger partial charge in [-0.2, -0.15) is 0 Å². The van der Waals surface area contributed by atoms with Gasteiger partial charge in [0.05, 0.1) is 7.11 Å². The van der Waals surface area contributed by atoms with Crippen LogP contribution in [0.5, 0.6) is 5.75 Å². The van der Waals surface area contributed by atoms with Crippen molar-refractivity contribution in [2.24, 2.45) is 5.92 Å². The van der Waals surface area contributed by atoms with Crippen LogP contribution >= 0.6 is 0 Å². The van der Waals surface area contributed by atoms with Crippen molar-refractivity contribution in [1.29, 1.82) is 0 Å². The van der Waals surface area contributed by atoms with E-state index in [4.69, 9.17) is 4.74 Å². The maximum Gasteiger partial charge on any atom is 0.251 e. The number of carbonyl (C=O) groups excluding carboxylic acids is 1. The summed E-state index contributed by atoms with van der Waals surface area (Å²) >= 11 is 0. The molecule has 0 aromatic heterocycles. The van der Waals surface area contributed by atoms with E-state index in [0.29, 0.717) is 17.2 Å². The van der Waals surface area contributed by atoms with Crippen molar-refractivity contribution in [2.45, 2.75) is 25.8 Å². The molecular weight excluding hydrogens is 240 g/mol. The molecule has 1 aromatic rings. The van der Waals surface area contributed by atoms with Crippen LogP contribution in [-0.4, -0.2) is 32.1 Å². The minimum Gasteiger partial charge on any atom is -0.497 e. The normalized spacial score (nSPS) is 17.8. The smallest absolute Gasteiger partial charge is 0.251 e. The van der Waals surface area contributed by atoms with Crippen LogP contribution in [0, 0.1) is 5.92 Å². The third-order valence-electron chi connectivity index (χ3n) is 3.78. The van der Waals surface area contributed by atoms with Crippen molar-refractivity contribution in [3.05, 3.63) is 29.8 Å². The van der Waals surface area contributed by atoms with Gasteiger partial charge in [-0.3, -0.25) is 4.79 Å². The Balaban J connectivity index is 1.95. The summed E-state index contributed by atoms with van der Waals surface area (Å²) in [4.78, 5) is 12.2. The Morgan fingerprint density at radius 1 is 1.42 bits per heavy atom. The minimum absolute atomic E-state index is 0.0232. The monoisotopic (exact) mass is 262 g/mol. The second kappa shape index (κ2) is 6.57. The highest BCUT2D eigenvalue weighted by Gasteiger charge is 2.21. The van der Waals surface area contributed by atoms with Crippen LogP contribution in [0.2, 0.25) is 0 Å². The maximum atomic E-state index is 12.2. The Labute approximate surface area is 114 Å². The molecule has 0 saturated carbocycles. The fourth-order valence-electron chi connectivity index (χ4n) is 2.52. The quantitative estimate of drug-likeness (QED) is 0.870. The molecule has 19 heavy (non-hydrogen) atoms. The van der Waals surface area contributed by atoms with Crippen LogP contribution < -0.4 is 15.4 Å². The predicted molar refractivity (Wildman–Crippen MR) is 75.5 cm³/mol. The summed E-state index contributed by atoms with van der Waals surface area (Å²) in [6.07, 6.45) is 2.25. The van der Waals surface area contributed by atoms with Gasteiger partial charge < -0.3 is 15.4 Å². The number of methoxy groups -OCH3 is 1. The summed E-state index contributed by atoms with van der Waals surface area (Å²) in [7, 11) is 1.61. The van der Waals surface area contributed by atoms with E-state index in [1.165, 1.54) is 0 Å². The van der Waals surface area contributed by atoms with Crippen LogP contribution in [0.3, 0.4) is 0 Å². The lowest BCUT2D eigenvalue weighted by atomic mass is 9.91. The van der Waals surface area contributed by atoms with E-state index in [9.17, 15) is 4.79 Å². The molecule has 1 aliphatic rings. The third kappa shape index (κ3) is 3.70. The van der Waals surface area contributed by atoms with Crippen LogP contribution in [-0.2, 0) is 0 Å². The summed E-state index contributed by atoms with van der Waals surface area (Å²) in [5.74, 6) is 1.25. The Bertz CT molecular complexity index is 428. The molecule has 1 heterocycles. The molecule has 1 saturated heterocycles. The van der Waals surface area contributed by atoms with Crippen LogP contribution in [0.4, 0.5) is 0 Å². The van der Waals surface area contributed by atoms with Crippen molar-refractivity contribution in [1.82, 2.24) is 10.6 Å². The first-order chi connectivity index (χ1) is 9.20. The zero-order chi connectivity index (χ0) is 13.7. The molecular formula is C15H22N2O2. The SMILES string of the molecule is COc1cccc(C(=O)NC(C)C2CCNCC2)c1. The largest absolute Gasteiger partial charge is 0.497 e. The summed E-state index contributed by atoms with van der Waals surface area (Å²) < 4.78 is 5.14. The van der Waals surface area contributed by atoms with Crippen molar-refractivity contribution >= 4 is 5.91 Å². The zero-order valence-electron chi connectivity index (χ0n) is 11.6. The molecule has 1 amide bonds. The minimum atomic E-state index is -0.0232. The Morgan fingerprint density at radius 2 is 2.16 bits per heavy atom. The first-order valence-corrected chi connectivity index (χ1v) is 6.86. The van der Waals surface area contributed by atoms with E-state index < -0.39 is 0 Å². The zero-order valence-corrected chi connectivity index (χ0v) is 11.6. The first kappa shape index (κ1) is 13.9. The summed E-state index contributed by atoms with van der Waals surface area (Å²) in [6.45, 7) is 4.18. The van der Waals surface area contributed by atoms with Crippen molar-refractivity contribution < 1.29 is 9.53 Å². The van der Waals surface area contributed by atoms with E-state index in [0.717, 1.165) is 25.9 Å². The summed E-state index contributed by atoms with van der Waals surface area (Å²) in [5, 5.41) is 6.44. The van der Waals surface area contributed by atoms with E-state index >= 15 is 0 Å². The number of nitrogens with one attached hydrogen (secondary N) is 2. The van der Waals surface area contributed by atoms with Gasteiger partial charge in [-0.05, 0) is 57.0 Å². The Hall–Kier alpha value is -1.55. The number of carbonyl (C=O) groups is 1. The van der Waals surface area contributed by atoms with E-state index in [2.05, 4.69) is 17.6 Å². The molecule has 1 aromatic carbocycles. The molecule has 4 nitrogen and oxygen atoms in total. The topological polar surface area (TPSA) is 50.4 Å². The second-order valence-corrected chi connectivity index (χ2v) is 5.08. The highest BCUT2D eigenvalue weighted by Crippen LogP contribution is 2.17. The molecule has 1 atom stereocenters. The lowest BCUT2D eigenvalue weighted by molar-refractivity contribution is 0.0920. The van der Waals surface area contributed by atoms with Gasteiger partial charge in [0.1, 0.15) is 5.75 Å². The van der Waals surface area contributed by atoms with Gasteiger partial charge in [0, 0.05) is 11.6 Å². The standard InChI is InChI=1S/C15H22N2O2/c1-11(12-6-8-16-9-7-12)17-15(18)13-4-3-5-14(10-13)19-2/h3-5,10-12,16H,6-9H2,1-2H3,(H,17,18). The molecule has 1 unspecified atom stereocenters. The number of hydrogen-bond donors (Lipinski definition) is 2. The molecule has 104 valence electrons. The van der Waals surface area contributed by atoms with E-state index in [1.54, 1.807) is 13.2 Å². The fraction of sp³-hybridized carbons (Fsp3) is 0.533. The van der Waals surface area contributed by atoms with E-state index in [1.807, 2.05) is 18.2 Å². The molecule has 1 fully saturated rings. The number of ether oxygens (including phenoxy) is 1. The third-order valence-corrected chi connectivity index (χ3v) is 3.78. The number of benzene rings is 1. The number of amides is 1. The van der Waals surface area contributed by atoms with Gasteiger partial charge in [-0.15, -0.1) is 0 Å². The second-order valence-electron chi connectivity index (χ2n) is 5.08. The van der Waals surface area contributed by atoms with Crippen molar-refractivity contribution in [3.63, 3.8) is 0 Å². The lowest BCUT2D eigenvalue weighted by Gasteiger charge is -2.28. The predicted octanol–water partition coefficient (Wildman–Crippen LogP) is 1.81. The Morgan fingerprint density at radius 3 is 2.84 bits per heavy atom. The molecule has 0 radical (unpaired) electrons. The molecule has 1 aliphatic heterocycles. The van der Waals surface area contributed by atoms with Gasteiger partial charge in [0.25, 0.3) is 5.91 Å². The van der Waals surface area contributed by atoms with Crippen LogP contribution in [0.1, 0.15) is 30.1 Å². The highest BCUT2D eigenvalue weighted by molar-refractivity contribution is 5.94. The number of rotatable bonds is 4. The van der Waals surface area contributed by atoms with Crippen molar-refractivity contribution in [3.8, 4) is 5.75 Å². The number of piperidine rings is 1. The van der Waals surface area contributed by atoms with Crippen molar-refractivity contribution in [2.75, 3.05) is 20.2 Å². The van der Waals surface area contributed by atoms with Gasteiger partial charge in [0.2, 0.25) is 0 Å². The van der Waals surface area contributed by atoms with Gasteiger partial charge in [0.15, 0.2) is 0 Å². The maximum absolute atomic E-state index is 12.2. The first-order valence-electron chi connectivity index (χ1n) is 6.86. The van der Waals surface area contributed by atoms with Crippen LogP contribution in [0.25, 0.3) is 0 Å². The highest BCUT2D eigenvalue weighted by atomic mass is 16.5. The van der Waals surface area contributed by atoms with E-state index in [-0.39, 0.29) is 11.9 Å². The average molecular weight is 262 g/mol. The molecule has 4 heteroatoms. The number of hydrogen-bond acceptors (Lipinski definition) is 3. The summed E-state index contributed by atoms with van der Waals surface area (Å²) in [5.41, 5.74) is 0.653. The molecule has 2 N–H and O–H groups in total. The fourth-order valence-corrected chi connectivity index (χ4v) is 2.52. The van der Waals surface area contributed by atoms with Gasteiger partial charge in [-0.25, -0.2) is 0 Å².